The Hall–Kier alpha value is -0.430. The van der Waals surface area contributed by atoms with E-state index in [2.05, 4.69) is 5.32 Å². The smallest absolute Gasteiger partial charge is 0.386 e. The first kappa shape index (κ1) is 13.6. The van der Waals surface area contributed by atoms with Crippen molar-refractivity contribution in [2.45, 2.75) is 31.5 Å². The van der Waals surface area contributed by atoms with Gasteiger partial charge in [0, 0.05) is 13.0 Å². The van der Waals surface area contributed by atoms with Crippen LogP contribution in [0.25, 0.3) is 0 Å². The van der Waals surface area contributed by atoms with Gasteiger partial charge in [-0.3, -0.25) is 0 Å². The Morgan fingerprint density at radius 1 is 1.21 bits per heavy atom. The topological polar surface area (TPSA) is 32.3 Å². The summed E-state index contributed by atoms with van der Waals surface area (Å²) >= 11 is 0. The summed E-state index contributed by atoms with van der Waals surface area (Å²) in [4.78, 5) is 0. The number of rotatable bonds is 6. The molecule has 0 aliphatic rings. The first-order chi connectivity index (χ1) is 6.33. The molecule has 2 nitrogen and oxygen atoms in total. The summed E-state index contributed by atoms with van der Waals surface area (Å²) in [5.74, 6) is 0. The van der Waals surface area contributed by atoms with E-state index < -0.39 is 31.7 Å². The van der Waals surface area contributed by atoms with Crippen LogP contribution in [0.2, 0.25) is 0 Å². The second-order valence-electron chi connectivity index (χ2n) is 2.82. The quantitative estimate of drug-likeness (QED) is 0.526. The molecule has 86 valence electrons. The second kappa shape index (κ2) is 6.13. The van der Waals surface area contributed by atoms with Crippen LogP contribution in [0.4, 0.5) is 22.0 Å². The Balaban J connectivity index is 3.30. The molecule has 0 saturated heterocycles. The van der Waals surface area contributed by atoms with E-state index in [1.807, 2.05) is 0 Å². The van der Waals surface area contributed by atoms with Crippen LogP contribution in [0.3, 0.4) is 0 Å². The van der Waals surface area contributed by atoms with Gasteiger partial charge in [0.1, 0.15) is 6.10 Å². The van der Waals surface area contributed by atoms with Crippen molar-refractivity contribution < 1.29 is 27.1 Å². The van der Waals surface area contributed by atoms with E-state index in [0.29, 0.717) is 0 Å². The van der Waals surface area contributed by atoms with E-state index in [9.17, 15) is 22.0 Å². The number of hydrogen-bond donors (Lipinski definition) is 2. The number of nitrogens with one attached hydrogen (secondary N) is 1. The van der Waals surface area contributed by atoms with Gasteiger partial charge in [-0.1, -0.05) is 0 Å². The zero-order valence-electron chi connectivity index (χ0n) is 7.32. The minimum atomic E-state index is -4.22. The molecule has 0 bridgehead atoms. The molecule has 0 aliphatic heterocycles. The summed E-state index contributed by atoms with van der Waals surface area (Å²) in [6, 6.07) is 0. The maximum Gasteiger partial charge on any atom is 0.389 e. The van der Waals surface area contributed by atoms with Gasteiger partial charge in [-0.2, -0.15) is 13.2 Å². The monoisotopic (exact) mass is 221 g/mol. The van der Waals surface area contributed by atoms with Crippen LogP contribution in [-0.2, 0) is 0 Å². The van der Waals surface area contributed by atoms with Gasteiger partial charge in [0.15, 0.2) is 0 Å². The first-order valence-electron chi connectivity index (χ1n) is 4.06. The highest BCUT2D eigenvalue weighted by atomic mass is 19.4. The van der Waals surface area contributed by atoms with Crippen LogP contribution >= 0.6 is 0 Å². The minimum absolute atomic E-state index is 0.0384. The number of aliphatic hydroxyl groups excluding tert-OH is 1. The highest BCUT2D eigenvalue weighted by Crippen LogP contribution is 2.20. The molecule has 0 amide bonds. The summed E-state index contributed by atoms with van der Waals surface area (Å²) in [6.45, 7) is -0.432. The molecule has 0 fully saturated rings. The molecule has 0 aromatic heterocycles. The second-order valence-corrected chi connectivity index (χ2v) is 2.82. The van der Waals surface area contributed by atoms with E-state index in [0.717, 1.165) is 0 Å². The molecule has 1 unspecified atom stereocenters. The van der Waals surface area contributed by atoms with Crippen molar-refractivity contribution in [3.8, 4) is 0 Å². The average Bonchev–Trinajstić information content (AvgIpc) is 2.01. The Morgan fingerprint density at radius 2 is 1.79 bits per heavy atom. The molecule has 2 N–H and O–H groups in total. The fraction of sp³-hybridized carbons (Fsp3) is 1.00. The van der Waals surface area contributed by atoms with Crippen LogP contribution in [0.1, 0.15) is 12.8 Å². The van der Waals surface area contributed by atoms with E-state index in [4.69, 9.17) is 5.11 Å². The fourth-order valence-electron chi connectivity index (χ4n) is 0.753. The molecule has 0 heterocycles. The molecule has 0 spiro atoms. The van der Waals surface area contributed by atoms with E-state index >= 15 is 0 Å². The molecule has 0 aliphatic carbocycles. The van der Waals surface area contributed by atoms with Gasteiger partial charge in [-0.25, -0.2) is 8.78 Å². The number of hydrogen-bond acceptors (Lipinski definition) is 2. The summed E-state index contributed by atoms with van der Waals surface area (Å²) in [7, 11) is 0. The molecule has 1 atom stereocenters. The third-order valence-electron chi connectivity index (χ3n) is 1.46. The van der Waals surface area contributed by atoms with Crippen LogP contribution in [0.5, 0.6) is 0 Å². The van der Waals surface area contributed by atoms with Crippen LogP contribution < -0.4 is 5.32 Å². The molecule has 7 heteroatoms. The summed E-state index contributed by atoms with van der Waals surface area (Å²) in [5, 5.41) is 10.9. The lowest BCUT2D eigenvalue weighted by atomic mass is 10.3. The molecule has 0 aromatic rings. The predicted molar refractivity (Wildman–Crippen MR) is 40.2 cm³/mol. The molecular weight excluding hydrogens is 209 g/mol. The third-order valence-corrected chi connectivity index (χ3v) is 1.46. The Morgan fingerprint density at radius 3 is 2.21 bits per heavy atom. The van der Waals surface area contributed by atoms with E-state index in [1.54, 1.807) is 0 Å². The lowest BCUT2D eigenvalue weighted by Crippen LogP contribution is -2.32. The fourth-order valence-corrected chi connectivity index (χ4v) is 0.753. The minimum Gasteiger partial charge on any atom is -0.386 e. The van der Waals surface area contributed by atoms with E-state index in [1.165, 1.54) is 0 Å². The van der Waals surface area contributed by atoms with Gasteiger partial charge in [0.25, 0.3) is 6.43 Å². The van der Waals surface area contributed by atoms with Gasteiger partial charge >= 0.3 is 6.18 Å². The lowest BCUT2D eigenvalue weighted by molar-refractivity contribution is -0.135. The van der Waals surface area contributed by atoms with Crippen molar-refractivity contribution in [1.82, 2.24) is 5.32 Å². The average molecular weight is 221 g/mol. The molecule has 0 rings (SSSR count). The Kier molecular flexibility index (Phi) is 5.94. The van der Waals surface area contributed by atoms with Crippen LogP contribution in [0, 0.1) is 0 Å². The zero-order valence-corrected chi connectivity index (χ0v) is 7.32. The molecule has 0 aromatic carbocycles. The van der Waals surface area contributed by atoms with Crippen LogP contribution in [-0.4, -0.2) is 36.9 Å². The highest BCUT2D eigenvalue weighted by molar-refractivity contribution is 4.62. The van der Waals surface area contributed by atoms with Gasteiger partial charge in [-0.15, -0.1) is 0 Å². The molecular formula is C7H12F5NO. The van der Waals surface area contributed by atoms with E-state index in [-0.39, 0.29) is 13.0 Å². The number of halogens is 5. The van der Waals surface area contributed by atoms with Crippen molar-refractivity contribution in [3.05, 3.63) is 0 Å². The maximum absolute atomic E-state index is 11.7. The normalized spacial score (nSPS) is 14.8. The first-order valence-corrected chi connectivity index (χ1v) is 4.06. The number of alkyl halides is 5. The van der Waals surface area contributed by atoms with Gasteiger partial charge in [0.05, 0.1) is 0 Å². The molecule has 0 saturated carbocycles. The van der Waals surface area contributed by atoms with Crippen molar-refractivity contribution in [1.29, 1.82) is 0 Å². The predicted octanol–water partition coefficient (Wildman–Crippen LogP) is 1.54. The summed E-state index contributed by atoms with van der Waals surface area (Å²) < 4.78 is 58.0. The largest absolute Gasteiger partial charge is 0.389 e. The SMILES string of the molecule is OC(CNCCCC(F)(F)F)C(F)F. The highest BCUT2D eigenvalue weighted by Gasteiger charge is 2.25. The number of aliphatic hydroxyl groups is 1. The van der Waals surface area contributed by atoms with Gasteiger partial charge < -0.3 is 10.4 Å². The lowest BCUT2D eigenvalue weighted by Gasteiger charge is -2.11. The Labute approximate surface area is 78.1 Å². The van der Waals surface area contributed by atoms with Crippen molar-refractivity contribution in [3.63, 3.8) is 0 Å². The van der Waals surface area contributed by atoms with Crippen molar-refractivity contribution in [2.24, 2.45) is 0 Å². The van der Waals surface area contributed by atoms with Gasteiger partial charge in [-0.05, 0) is 13.0 Å². The summed E-state index contributed by atoms with van der Waals surface area (Å²) in [5.41, 5.74) is 0. The molecule has 14 heavy (non-hydrogen) atoms. The Bertz CT molecular complexity index is 150. The summed E-state index contributed by atoms with van der Waals surface area (Å²) in [6.07, 6.45) is -10.0. The van der Waals surface area contributed by atoms with Crippen molar-refractivity contribution in [2.75, 3.05) is 13.1 Å². The van der Waals surface area contributed by atoms with Crippen molar-refractivity contribution >= 4 is 0 Å². The zero-order chi connectivity index (χ0) is 11.2. The van der Waals surface area contributed by atoms with Crippen LogP contribution in [0.15, 0.2) is 0 Å². The molecule has 0 radical (unpaired) electrons. The maximum atomic E-state index is 11.7. The third kappa shape index (κ3) is 8.18. The van der Waals surface area contributed by atoms with Gasteiger partial charge in [0.2, 0.25) is 0 Å². The standard InChI is InChI=1S/C7H12F5NO/c8-6(9)5(14)4-13-3-1-2-7(10,11)12/h5-6,13-14H,1-4H2.